The molecule has 1 aliphatic rings. The van der Waals surface area contributed by atoms with Gasteiger partial charge in [0.15, 0.2) is 0 Å². The van der Waals surface area contributed by atoms with Gasteiger partial charge in [0.2, 0.25) is 0 Å². The van der Waals surface area contributed by atoms with Crippen LogP contribution in [0.15, 0.2) is 74.7 Å². The predicted octanol–water partition coefficient (Wildman–Crippen LogP) is 5.76. The van der Waals surface area contributed by atoms with E-state index in [0.717, 1.165) is 22.2 Å². The highest BCUT2D eigenvalue weighted by atomic mass is 35.5. The van der Waals surface area contributed by atoms with Crippen molar-refractivity contribution in [2.24, 2.45) is 4.99 Å². The molecule has 1 amide bonds. The van der Waals surface area contributed by atoms with Crippen molar-refractivity contribution in [1.29, 1.82) is 0 Å². The summed E-state index contributed by atoms with van der Waals surface area (Å²) in [7, 11) is 0. The predicted molar refractivity (Wildman–Crippen MR) is 123 cm³/mol. The number of nitrogens with zero attached hydrogens (tertiary/aromatic N) is 1. The van der Waals surface area contributed by atoms with E-state index < -0.39 is 11.9 Å². The molecule has 0 atom stereocenters. The second kappa shape index (κ2) is 10.0. The first-order valence-corrected chi connectivity index (χ1v) is 11.4. The number of aliphatic hydroxyl groups excluding tert-OH is 1. The van der Waals surface area contributed by atoms with Gasteiger partial charge in [0.05, 0.1) is 22.1 Å². The molecule has 2 aromatic rings. The van der Waals surface area contributed by atoms with Gasteiger partial charge in [0.1, 0.15) is 16.4 Å². The summed E-state index contributed by atoms with van der Waals surface area (Å²) < 4.78 is 5.05. The van der Waals surface area contributed by atoms with Gasteiger partial charge in [-0.1, -0.05) is 47.6 Å². The average Bonchev–Trinajstić information content (AvgIpc) is 3.03. The number of hydrogen-bond acceptors (Lipinski definition) is 6. The molecule has 0 saturated heterocycles. The van der Waals surface area contributed by atoms with Crippen molar-refractivity contribution in [3.05, 3.63) is 80.9 Å². The molecule has 0 radical (unpaired) electrons. The van der Waals surface area contributed by atoms with Crippen molar-refractivity contribution < 1.29 is 19.4 Å². The second-order valence-corrected chi connectivity index (χ2v) is 8.35. The summed E-state index contributed by atoms with van der Waals surface area (Å²) in [4.78, 5) is 30.6. The Hall–Kier alpha value is -2.48. The maximum absolute atomic E-state index is 12.6. The van der Waals surface area contributed by atoms with Crippen molar-refractivity contribution >= 4 is 58.1 Å². The number of carbonyl (C=O) groups is 2. The number of rotatable bonds is 5. The van der Waals surface area contributed by atoms with Crippen LogP contribution in [0.25, 0.3) is 6.08 Å². The van der Waals surface area contributed by atoms with E-state index in [4.69, 9.17) is 16.3 Å². The zero-order valence-electron chi connectivity index (χ0n) is 16.2. The van der Waals surface area contributed by atoms with Crippen LogP contribution in [-0.2, 0) is 9.53 Å². The highest BCUT2D eigenvalue weighted by Gasteiger charge is 2.34. The zero-order chi connectivity index (χ0) is 21.7. The minimum atomic E-state index is -0.741. The lowest BCUT2D eigenvalue weighted by atomic mass is 10.1. The lowest BCUT2D eigenvalue weighted by Gasteiger charge is -2.04. The van der Waals surface area contributed by atoms with E-state index in [1.807, 2.05) is 30.5 Å². The summed E-state index contributed by atoms with van der Waals surface area (Å²) in [6.07, 6.45) is 3.71. The Morgan fingerprint density at radius 3 is 2.53 bits per heavy atom. The Kier molecular flexibility index (Phi) is 7.42. The van der Waals surface area contributed by atoms with Crippen molar-refractivity contribution in [1.82, 2.24) is 0 Å². The fourth-order valence-electron chi connectivity index (χ4n) is 2.63. The van der Waals surface area contributed by atoms with E-state index in [-0.39, 0.29) is 33.6 Å². The molecule has 1 aliphatic heterocycles. The van der Waals surface area contributed by atoms with Gasteiger partial charge in [-0.05, 0) is 49.1 Å². The van der Waals surface area contributed by atoms with Crippen LogP contribution < -0.4 is 0 Å². The van der Waals surface area contributed by atoms with E-state index in [1.54, 1.807) is 49.0 Å². The van der Waals surface area contributed by atoms with Crippen LogP contribution >= 0.6 is 35.1 Å². The molecule has 0 aliphatic carbocycles. The van der Waals surface area contributed by atoms with Gasteiger partial charge in [-0.3, -0.25) is 4.79 Å². The topological polar surface area (TPSA) is 76.0 Å². The standard InChI is InChI=1S/C22H18ClNO4S2/c1-3-28-22(27)18-19(25)17(12-13-8-10-14(29-2)11-9-13)30-21(18)24-20(26)15-6-4-5-7-16(15)23/h4-12,25H,3H2,1-2H3/b17-12-,24-21?. The molecule has 0 bridgehead atoms. The van der Waals surface area contributed by atoms with Crippen LogP contribution in [0.2, 0.25) is 5.02 Å². The molecule has 0 spiro atoms. The van der Waals surface area contributed by atoms with Crippen molar-refractivity contribution in [2.45, 2.75) is 11.8 Å². The number of halogens is 1. The van der Waals surface area contributed by atoms with Crippen molar-refractivity contribution in [2.75, 3.05) is 12.9 Å². The molecule has 154 valence electrons. The SMILES string of the molecule is CCOC(=O)C1=C(O)/C(=C/c2ccc(SC)cc2)SC1=NC(=O)c1ccccc1Cl. The molecule has 0 unspecified atom stereocenters. The number of ether oxygens (including phenoxy) is 1. The molecule has 8 heteroatoms. The second-order valence-electron chi connectivity index (χ2n) is 6.03. The lowest BCUT2D eigenvalue weighted by molar-refractivity contribution is -0.138. The maximum atomic E-state index is 12.6. The Labute approximate surface area is 187 Å². The van der Waals surface area contributed by atoms with Crippen LogP contribution in [0, 0.1) is 0 Å². The summed E-state index contributed by atoms with van der Waals surface area (Å²) in [5, 5.41) is 11.0. The normalized spacial score (nSPS) is 16.4. The molecule has 0 aromatic heterocycles. The van der Waals surface area contributed by atoms with Gasteiger partial charge < -0.3 is 9.84 Å². The largest absolute Gasteiger partial charge is 0.506 e. The summed E-state index contributed by atoms with van der Waals surface area (Å²) >= 11 is 8.73. The molecule has 2 aromatic carbocycles. The summed E-state index contributed by atoms with van der Waals surface area (Å²) in [5.41, 5.74) is 0.915. The van der Waals surface area contributed by atoms with E-state index >= 15 is 0 Å². The molecule has 1 N–H and O–H groups in total. The number of benzene rings is 2. The monoisotopic (exact) mass is 459 g/mol. The number of carbonyl (C=O) groups excluding carboxylic acids is 2. The molecule has 1 heterocycles. The Balaban J connectivity index is 2.00. The van der Waals surface area contributed by atoms with Gasteiger partial charge in [0, 0.05) is 4.90 Å². The van der Waals surface area contributed by atoms with Gasteiger partial charge in [0.25, 0.3) is 5.91 Å². The molecule has 30 heavy (non-hydrogen) atoms. The first-order valence-electron chi connectivity index (χ1n) is 8.96. The number of esters is 1. The Bertz CT molecular complexity index is 1070. The van der Waals surface area contributed by atoms with Crippen LogP contribution in [0.5, 0.6) is 0 Å². The van der Waals surface area contributed by atoms with Gasteiger partial charge in [-0.2, -0.15) is 0 Å². The van der Waals surface area contributed by atoms with Crippen molar-refractivity contribution in [3.8, 4) is 0 Å². The van der Waals surface area contributed by atoms with Gasteiger partial charge >= 0.3 is 5.97 Å². The van der Waals surface area contributed by atoms with E-state index in [2.05, 4.69) is 4.99 Å². The van der Waals surface area contributed by atoms with Crippen LogP contribution in [0.3, 0.4) is 0 Å². The van der Waals surface area contributed by atoms with E-state index in [9.17, 15) is 14.7 Å². The highest BCUT2D eigenvalue weighted by molar-refractivity contribution is 8.18. The lowest BCUT2D eigenvalue weighted by Crippen LogP contribution is -2.14. The summed E-state index contributed by atoms with van der Waals surface area (Å²) in [6.45, 7) is 1.79. The molecule has 0 fully saturated rings. The molecule has 5 nitrogen and oxygen atoms in total. The molecular weight excluding hydrogens is 442 g/mol. The molecule has 3 rings (SSSR count). The highest BCUT2D eigenvalue weighted by Crippen LogP contribution is 2.39. The van der Waals surface area contributed by atoms with E-state index in [0.29, 0.717) is 4.91 Å². The fourth-order valence-corrected chi connectivity index (χ4v) is 4.27. The van der Waals surface area contributed by atoms with Gasteiger partial charge in [-0.15, -0.1) is 11.8 Å². The fraction of sp³-hybridized carbons (Fsp3) is 0.136. The van der Waals surface area contributed by atoms with E-state index in [1.165, 1.54) is 0 Å². The quantitative estimate of drug-likeness (QED) is 0.452. The van der Waals surface area contributed by atoms with Crippen molar-refractivity contribution in [3.63, 3.8) is 0 Å². The maximum Gasteiger partial charge on any atom is 0.344 e. The summed E-state index contributed by atoms with van der Waals surface area (Å²) in [5.74, 6) is -1.62. The number of amides is 1. The average molecular weight is 460 g/mol. The summed E-state index contributed by atoms with van der Waals surface area (Å²) in [6, 6.07) is 14.2. The number of aliphatic hydroxyl groups is 1. The molecule has 0 saturated carbocycles. The third-order valence-electron chi connectivity index (χ3n) is 4.09. The van der Waals surface area contributed by atoms with Crippen LogP contribution in [-0.4, -0.2) is 34.9 Å². The first-order chi connectivity index (χ1) is 14.4. The van der Waals surface area contributed by atoms with Crippen LogP contribution in [0.4, 0.5) is 0 Å². The number of hydrogen-bond donors (Lipinski definition) is 1. The third-order valence-corrected chi connectivity index (χ3v) is 6.18. The smallest absolute Gasteiger partial charge is 0.344 e. The first kappa shape index (κ1) is 22.2. The molecular formula is C22H18ClNO4S2. The number of aliphatic imine (C=N–C) groups is 1. The zero-order valence-corrected chi connectivity index (χ0v) is 18.6. The number of thioether (sulfide) groups is 2. The van der Waals surface area contributed by atoms with Gasteiger partial charge in [-0.25, -0.2) is 9.79 Å². The Morgan fingerprint density at radius 1 is 1.20 bits per heavy atom. The minimum absolute atomic E-state index is 0.0721. The Morgan fingerprint density at radius 2 is 1.90 bits per heavy atom. The third kappa shape index (κ3) is 4.98. The minimum Gasteiger partial charge on any atom is -0.506 e. The van der Waals surface area contributed by atoms with Crippen LogP contribution in [0.1, 0.15) is 22.8 Å².